The fraction of sp³-hybridized carbons (Fsp3) is 0.444. The molecule has 0 spiro atoms. The van der Waals surface area contributed by atoms with Crippen LogP contribution in [0.1, 0.15) is 30.9 Å². The van der Waals surface area contributed by atoms with E-state index in [1.165, 1.54) is 4.90 Å². The highest BCUT2D eigenvalue weighted by Crippen LogP contribution is 2.44. The van der Waals surface area contributed by atoms with Crippen molar-refractivity contribution in [3.05, 3.63) is 59.7 Å². The summed E-state index contributed by atoms with van der Waals surface area (Å²) in [5.41, 5.74) is 3.50. The smallest absolute Gasteiger partial charge is 0.407 e. The zero-order valence-electron chi connectivity index (χ0n) is 20.7. The molecule has 0 radical (unpaired) electrons. The molecule has 8 nitrogen and oxygen atoms in total. The first-order valence-corrected chi connectivity index (χ1v) is 11.9. The lowest BCUT2D eigenvalue weighted by atomic mass is 9.81. The molecule has 2 aromatic rings. The molecule has 1 aliphatic heterocycles. The number of carbonyl (C=O) groups excluding carboxylic acids is 2. The molecule has 8 heteroatoms. The van der Waals surface area contributed by atoms with Crippen molar-refractivity contribution in [3.63, 3.8) is 0 Å². The summed E-state index contributed by atoms with van der Waals surface area (Å²) in [5.74, 6) is -1.50. The third-order valence-corrected chi connectivity index (χ3v) is 7.38. The van der Waals surface area contributed by atoms with Crippen molar-refractivity contribution in [2.45, 2.75) is 25.8 Å². The number of likely N-dealkylation sites (tertiary alicyclic amines) is 1. The molecule has 2 aromatic carbocycles. The van der Waals surface area contributed by atoms with E-state index >= 15 is 0 Å². The molecule has 2 aliphatic rings. The van der Waals surface area contributed by atoms with Crippen LogP contribution in [0.3, 0.4) is 0 Å². The number of nitrogens with zero attached hydrogens (tertiary/aromatic N) is 2. The fourth-order valence-electron chi connectivity index (χ4n) is 5.15. The van der Waals surface area contributed by atoms with Crippen molar-refractivity contribution in [2.24, 2.45) is 11.3 Å². The number of ether oxygens (including phenoxy) is 1. The lowest BCUT2D eigenvalue weighted by molar-refractivity contribution is -0.149. The van der Waals surface area contributed by atoms with Crippen LogP contribution in [0.15, 0.2) is 48.5 Å². The quantitative estimate of drug-likeness (QED) is 0.633. The SMILES string of the molecule is C[C@H]1CN(C(=O)C(CN(C)C)NC(=O)OCC2c3ccccc3-c3ccccc32)C[C@]1(C)C(=O)O. The second-order valence-electron chi connectivity index (χ2n) is 10.1. The first-order chi connectivity index (χ1) is 16.6. The first-order valence-electron chi connectivity index (χ1n) is 11.9. The van der Waals surface area contributed by atoms with Crippen molar-refractivity contribution in [1.82, 2.24) is 15.1 Å². The number of benzene rings is 2. The van der Waals surface area contributed by atoms with E-state index in [1.807, 2.05) is 62.3 Å². The lowest BCUT2D eigenvalue weighted by Gasteiger charge is -2.27. The van der Waals surface area contributed by atoms with Crippen molar-refractivity contribution in [2.75, 3.05) is 40.3 Å². The van der Waals surface area contributed by atoms with Gasteiger partial charge in [-0.1, -0.05) is 55.5 Å². The Labute approximate surface area is 205 Å². The maximum Gasteiger partial charge on any atom is 0.407 e. The van der Waals surface area contributed by atoms with Gasteiger partial charge < -0.3 is 25.0 Å². The minimum absolute atomic E-state index is 0.0770. The van der Waals surface area contributed by atoms with Crippen molar-refractivity contribution in [3.8, 4) is 11.1 Å². The van der Waals surface area contributed by atoms with Gasteiger partial charge in [-0.15, -0.1) is 0 Å². The van der Waals surface area contributed by atoms with Gasteiger partial charge in [0.15, 0.2) is 0 Å². The number of alkyl carbamates (subject to hydrolysis) is 1. The molecule has 0 bridgehead atoms. The van der Waals surface area contributed by atoms with Crippen LogP contribution in [0, 0.1) is 11.3 Å². The Balaban J connectivity index is 1.44. The van der Waals surface area contributed by atoms with E-state index in [0.29, 0.717) is 6.54 Å². The molecule has 1 aliphatic carbocycles. The van der Waals surface area contributed by atoms with Crippen LogP contribution in [0.5, 0.6) is 0 Å². The standard InChI is InChI=1S/C27H33N3O5/c1-17-13-30(16-27(17,2)25(32)33)24(31)23(14-29(3)4)28-26(34)35-15-22-20-11-7-5-9-18(20)19-10-6-8-12-21(19)22/h5-12,17,22-23H,13-16H2,1-4H3,(H,28,34)(H,32,33)/t17-,23?,27-/m0/s1. The molecular formula is C27H33N3O5. The summed E-state index contributed by atoms with van der Waals surface area (Å²) in [6, 6.07) is 15.3. The average Bonchev–Trinajstić information content (AvgIpc) is 3.31. The molecule has 0 aromatic heterocycles. The van der Waals surface area contributed by atoms with Gasteiger partial charge in [-0.05, 0) is 49.2 Å². The second-order valence-corrected chi connectivity index (χ2v) is 10.1. The summed E-state index contributed by atoms with van der Waals surface area (Å²) in [4.78, 5) is 41.2. The van der Waals surface area contributed by atoms with Crippen LogP contribution in [0.2, 0.25) is 0 Å². The maximum absolute atomic E-state index is 13.3. The number of amides is 2. The van der Waals surface area contributed by atoms with E-state index in [4.69, 9.17) is 4.74 Å². The summed E-state index contributed by atoms with van der Waals surface area (Å²) in [6.07, 6.45) is -0.666. The zero-order chi connectivity index (χ0) is 25.3. The van der Waals surface area contributed by atoms with Gasteiger partial charge in [-0.3, -0.25) is 9.59 Å². The van der Waals surface area contributed by atoms with Crippen molar-refractivity contribution in [1.29, 1.82) is 0 Å². The Morgan fingerprint density at radius 2 is 1.69 bits per heavy atom. The number of nitrogens with one attached hydrogen (secondary N) is 1. The second kappa shape index (κ2) is 9.70. The number of hydrogen-bond acceptors (Lipinski definition) is 5. The van der Waals surface area contributed by atoms with Gasteiger partial charge in [-0.2, -0.15) is 0 Å². The summed E-state index contributed by atoms with van der Waals surface area (Å²) in [5, 5.41) is 12.4. The minimum atomic E-state index is -1.01. The maximum atomic E-state index is 13.3. The highest BCUT2D eigenvalue weighted by molar-refractivity contribution is 5.87. The molecule has 1 saturated heterocycles. The first kappa shape index (κ1) is 24.7. The Morgan fingerprint density at radius 1 is 1.11 bits per heavy atom. The summed E-state index contributed by atoms with van der Waals surface area (Å²) in [7, 11) is 3.63. The van der Waals surface area contributed by atoms with Crippen LogP contribution in [-0.4, -0.2) is 79.3 Å². The van der Waals surface area contributed by atoms with E-state index in [0.717, 1.165) is 22.3 Å². The monoisotopic (exact) mass is 479 g/mol. The van der Waals surface area contributed by atoms with Gasteiger partial charge in [0, 0.05) is 25.6 Å². The largest absolute Gasteiger partial charge is 0.481 e. The number of carboxylic acid groups (broad SMARTS) is 1. The Morgan fingerprint density at radius 3 is 2.20 bits per heavy atom. The van der Waals surface area contributed by atoms with Crippen molar-refractivity contribution < 1.29 is 24.2 Å². The molecule has 0 saturated carbocycles. The zero-order valence-corrected chi connectivity index (χ0v) is 20.7. The molecule has 1 unspecified atom stereocenters. The van der Waals surface area contributed by atoms with Crippen molar-refractivity contribution >= 4 is 18.0 Å². The Hall–Kier alpha value is -3.39. The Kier molecular flexibility index (Phi) is 6.85. The molecule has 4 rings (SSSR count). The molecule has 35 heavy (non-hydrogen) atoms. The van der Waals surface area contributed by atoms with Crippen LogP contribution >= 0.6 is 0 Å². The Bertz CT molecular complexity index is 1090. The summed E-state index contributed by atoms with van der Waals surface area (Å²) in [6.45, 7) is 4.36. The molecule has 3 atom stereocenters. The molecule has 2 amide bonds. The highest BCUT2D eigenvalue weighted by Gasteiger charge is 2.48. The van der Waals surface area contributed by atoms with E-state index in [1.54, 1.807) is 6.92 Å². The number of aliphatic carboxylic acids is 1. The molecule has 186 valence electrons. The number of carboxylic acids is 1. The normalized spacial score (nSPS) is 22.0. The van der Waals surface area contributed by atoms with Gasteiger partial charge >= 0.3 is 12.1 Å². The summed E-state index contributed by atoms with van der Waals surface area (Å²) >= 11 is 0. The number of rotatable bonds is 7. The predicted octanol–water partition coefficient (Wildman–Crippen LogP) is 3.02. The molecule has 1 fully saturated rings. The van der Waals surface area contributed by atoms with Crippen LogP contribution in [-0.2, 0) is 14.3 Å². The number of carbonyl (C=O) groups is 3. The molecular weight excluding hydrogens is 446 g/mol. The number of hydrogen-bond donors (Lipinski definition) is 2. The van der Waals surface area contributed by atoms with E-state index in [-0.39, 0.29) is 37.4 Å². The van der Waals surface area contributed by atoms with E-state index in [9.17, 15) is 19.5 Å². The average molecular weight is 480 g/mol. The van der Waals surface area contributed by atoms with Crippen LogP contribution < -0.4 is 5.32 Å². The van der Waals surface area contributed by atoms with E-state index in [2.05, 4.69) is 17.4 Å². The topological polar surface area (TPSA) is 99.2 Å². The molecule has 2 N–H and O–H groups in total. The van der Waals surface area contributed by atoms with E-state index < -0.39 is 23.5 Å². The van der Waals surface area contributed by atoms with Gasteiger partial charge in [0.1, 0.15) is 12.6 Å². The predicted molar refractivity (Wildman–Crippen MR) is 132 cm³/mol. The minimum Gasteiger partial charge on any atom is -0.481 e. The van der Waals surface area contributed by atoms with Gasteiger partial charge in [0.2, 0.25) is 5.91 Å². The van der Waals surface area contributed by atoms with Crippen LogP contribution in [0.25, 0.3) is 11.1 Å². The third kappa shape index (κ3) is 4.75. The highest BCUT2D eigenvalue weighted by atomic mass is 16.5. The third-order valence-electron chi connectivity index (χ3n) is 7.38. The van der Waals surface area contributed by atoms with Gasteiger partial charge in [-0.25, -0.2) is 4.79 Å². The van der Waals surface area contributed by atoms with Gasteiger partial charge in [0.05, 0.1) is 5.41 Å². The fourth-order valence-corrected chi connectivity index (χ4v) is 5.15. The number of likely N-dealkylation sites (N-methyl/N-ethyl adjacent to an activating group) is 1. The lowest BCUT2D eigenvalue weighted by Crippen LogP contribution is -2.53. The summed E-state index contributed by atoms with van der Waals surface area (Å²) < 4.78 is 5.63. The molecule has 1 heterocycles. The number of fused-ring (bicyclic) bond motifs is 3. The van der Waals surface area contributed by atoms with Gasteiger partial charge in [0.25, 0.3) is 0 Å². The van der Waals surface area contributed by atoms with Crippen LogP contribution in [0.4, 0.5) is 4.79 Å².